The second kappa shape index (κ2) is 8.16. The Morgan fingerprint density at radius 1 is 0.815 bits per heavy atom. The van der Waals surface area contributed by atoms with Gasteiger partial charge in [-0.25, -0.2) is 0 Å². The molecule has 5 heteroatoms. The molecule has 140 valence electrons. The van der Waals surface area contributed by atoms with Gasteiger partial charge in [-0.05, 0) is 66.8 Å². The first-order chi connectivity index (χ1) is 12.9. The lowest BCUT2D eigenvalue weighted by atomic mass is 10.0. The molecule has 0 spiro atoms. The van der Waals surface area contributed by atoms with E-state index in [4.69, 9.17) is 0 Å². The Morgan fingerprint density at radius 3 is 2.15 bits per heavy atom. The predicted molar refractivity (Wildman–Crippen MR) is 101 cm³/mol. The van der Waals surface area contributed by atoms with Gasteiger partial charge in [0.05, 0.1) is 0 Å². The van der Waals surface area contributed by atoms with E-state index in [1.807, 2.05) is 31.2 Å². The summed E-state index contributed by atoms with van der Waals surface area (Å²) in [5.74, 6) is -0.235. The van der Waals surface area contributed by atoms with Gasteiger partial charge in [-0.1, -0.05) is 42.5 Å². The molecule has 0 fully saturated rings. The Hall–Kier alpha value is -2.95. The Bertz CT molecular complexity index is 874. The van der Waals surface area contributed by atoms with Crippen LogP contribution in [0.3, 0.4) is 0 Å². The Kier molecular flexibility index (Phi) is 5.69. The van der Waals surface area contributed by atoms with Gasteiger partial charge >= 0.3 is 6.36 Å². The standard InChI is InChI=1S/C22H20F3NO/c1-16-7-8-18(10-9-17-5-3-2-4-6-17)15-21(16)26-19-11-13-20(14-12-19)27-22(23,24)25/h2-8,11-15,26H,9-10H2,1H3. The Labute approximate surface area is 156 Å². The number of aryl methyl sites for hydroxylation is 3. The molecular weight excluding hydrogens is 351 g/mol. The van der Waals surface area contributed by atoms with Crippen LogP contribution in [0.2, 0.25) is 0 Å². The van der Waals surface area contributed by atoms with Gasteiger partial charge in [0.1, 0.15) is 5.75 Å². The van der Waals surface area contributed by atoms with Crippen LogP contribution in [0.25, 0.3) is 0 Å². The highest BCUT2D eigenvalue weighted by atomic mass is 19.4. The molecule has 0 saturated heterocycles. The first-order valence-electron chi connectivity index (χ1n) is 8.65. The van der Waals surface area contributed by atoms with E-state index in [1.165, 1.54) is 23.3 Å². The van der Waals surface area contributed by atoms with Gasteiger partial charge in [-0.3, -0.25) is 0 Å². The molecule has 0 saturated carbocycles. The van der Waals surface area contributed by atoms with Crippen LogP contribution in [-0.4, -0.2) is 6.36 Å². The summed E-state index contributed by atoms with van der Waals surface area (Å²) in [5.41, 5.74) is 5.18. The third kappa shape index (κ3) is 5.78. The molecule has 27 heavy (non-hydrogen) atoms. The number of rotatable bonds is 6. The molecule has 0 aliphatic rings. The van der Waals surface area contributed by atoms with Crippen LogP contribution in [0.15, 0.2) is 72.8 Å². The summed E-state index contributed by atoms with van der Waals surface area (Å²) in [5, 5.41) is 3.26. The Morgan fingerprint density at radius 2 is 1.48 bits per heavy atom. The number of alkyl halides is 3. The molecule has 0 unspecified atom stereocenters. The van der Waals surface area contributed by atoms with Crippen molar-refractivity contribution in [2.45, 2.75) is 26.1 Å². The minimum Gasteiger partial charge on any atom is -0.406 e. The van der Waals surface area contributed by atoms with E-state index in [-0.39, 0.29) is 5.75 Å². The summed E-state index contributed by atoms with van der Waals surface area (Å²) in [4.78, 5) is 0. The van der Waals surface area contributed by atoms with Crippen molar-refractivity contribution in [2.75, 3.05) is 5.32 Å². The van der Waals surface area contributed by atoms with Crippen molar-refractivity contribution in [1.82, 2.24) is 0 Å². The maximum absolute atomic E-state index is 12.2. The first-order valence-corrected chi connectivity index (χ1v) is 8.65. The zero-order chi connectivity index (χ0) is 19.3. The number of nitrogens with one attached hydrogen (secondary N) is 1. The van der Waals surface area contributed by atoms with Crippen LogP contribution < -0.4 is 10.1 Å². The number of hydrogen-bond donors (Lipinski definition) is 1. The average Bonchev–Trinajstić information content (AvgIpc) is 2.63. The Balaban J connectivity index is 1.67. The predicted octanol–water partition coefficient (Wildman–Crippen LogP) is 6.42. The molecule has 0 amide bonds. The minimum atomic E-state index is -4.68. The van der Waals surface area contributed by atoms with Crippen molar-refractivity contribution in [2.24, 2.45) is 0 Å². The number of anilines is 2. The summed E-state index contributed by atoms with van der Waals surface area (Å²) in [6.07, 6.45) is -2.82. The SMILES string of the molecule is Cc1ccc(CCc2ccccc2)cc1Nc1ccc(OC(F)(F)F)cc1. The number of hydrogen-bond acceptors (Lipinski definition) is 2. The van der Waals surface area contributed by atoms with Crippen molar-refractivity contribution in [3.8, 4) is 5.75 Å². The van der Waals surface area contributed by atoms with Crippen LogP contribution in [0.4, 0.5) is 24.5 Å². The average molecular weight is 371 g/mol. The highest BCUT2D eigenvalue weighted by Gasteiger charge is 2.30. The van der Waals surface area contributed by atoms with E-state index in [0.717, 1.165) is 24.1 Å². The third-order valence-electron chi connectivity index (χ3n) is 4.21. The quantitative estimate of drug-likeness (QED) is 0.540. The van der Waals surface area contributed by atoms with Crippen LogP contribution in [-0.2, 0) is 12.8 Å². The second-order valence-electron chi connectivity index (χ2n) is 6.33. The maximum atomic E-state index is 12.2. The lowest BCUT2D eigenvalue weighted by Gasteiger charge is -2.13. The van der Waals surface area contributed by atoms with E-state index < -0.39 is 6.36 Å². The van der Waals surface area contributed by atoms with Crippen LogP contribution >= 0.6 is 0 Å². The summed E-state index contributed by atoms with van der Waals surface area (Å²) in [6.45, 7) is 1.99. The molecule has 0 atom stereocenters. The van der Waals surface area contributed by atoms with Gasteiger partial charge in [0.15, 0.2) is 0 Å². The number of benzene rings is 3. The molecule has 3 aromatic carbocycles. The van der Waals surface area contributed by atoms with Crippen molar-refractivity contribution in [3.05, 3.63) is 89.5 Å². The van der Waals surface area contributed by atoms with E-state index in [0.29, 0.717) is 5.69 Å². The fourth-order valence-electron chi connectivity index (χ4n) is 2.79. The summed E-state index contributed by atoms with van der Waals surface area (Å²) in [7, 11) is 0. The van der Waals surface area contributed by atoms with Gasteiger partial charge in [0.2, 0.25) is 0 Å². The molecule has 1 N–H and O–H groups in total. The van der Waals surface area contributed by atoms with Crippen molar-refractivity contribution in [1.29, 1.82) is 0 Å². The molecule has 0 bridgehead atoms. The lowest BCUT2D eigenvalue weighted by Crippen LogP contribution is -2.16. The first kappa shape index (κ1) is 18.8. The van der Waals surface area contributed by atoms with Crippen molar-refractivity contribution in [3.63, 3.8) is 0 Å². The third-order valence-corrected chi connectivity index (χ3v) is 4.21. The van der Waals surface area contributed by atoms with E-state index >= 15 is 0 Å². The van der Waals surface area contributed by atoms with Crippen LogP contribution in [0.5, 0.6) is 5.75 Å². The van der Waals surface area contributed by atoms with E-state index in [2.05, 4.69) is 34.3 Å². The molecule has 3 aromatic rings. The lowest BCUT2D eigenvalue weighted by molar-refractivity contribution is -0.274. The zero-order valence-electron chi connectivity index (χ0n) is 14.9. The van der Waals surface area contributed by atoms with Crippen molar-refractivity contribution >= 4 is 11.4 Å². The van der Waals surface area contributed by atoms with Gasteiger partial charge in [-0.2, -0.15) is 0 Å². The van der Waals surface area contributed by atoms with E-state index in [1.54, 1.807) is 12.1 Å². The van der Waals surface area contributed by atoms with Gasteiger partial charge in [0, 0.05) is 11.4 Å². The summed E-state index contributed by atoms with van der Waals surface area (Å²) >= 11 is 0. The zero-order valence-corrected chi connectivity index (χ0v) is 14.9. The van der Waals surface area contributed by atoms with Crippen LogP contribution in [0, 0.1) is 6.92 Å². The molecular formula is C22H20F3NO. The van der Waals surface area contributed by atoms with E-state index in [9.17, 15) is 13.2 Å². The minimum absolute atomic E-state index is 0.235. The van der Waals surface area contributed by atoms with Crippen LogP contribution in [0.1, 0.15) is 16.7 Å². The summed E-state index contributed by atoms with van der Waals surface area (Å²) < 4.78 is 40.6. The van der Waals surface area contributed by atoms with Gasteiger partial charge in [0.25, 0.3) is 0 Å². The number of ether oxygens (including phenoxy) is 1. The molecule has 0 heterocycles. The normalized spacial score (nSPS) is 11.3. The van der Waals surface area contributed by atoms with Gasteiger partial charge < -0.3 is 10.1 Å². The molecule has 0 aromatic heterocycles. The molecule has 0 radical (unpaired) electrons. The van der Waals surface area contributed by atoms with Gasteiger partial charge in [-0.15, -0.1) is 13.2 Å². The molecule has 0 aliphatic heterocycles. The topological polar surface area (TPSA) is 21.3 Å². The smallest absolute Gasteiger partial charge is 0.406 e. The maximum Gasteiger partial charge on any atom is 0.573 e. The highest BCUT2D eigenvalue weighted by Crippen LogP contribution is 2.27. The van der Waals surface area contributed by atoms with Crippen molar-refractivity contribution < 1.29 is 17.9 Å². The monoisotopic (exact) mass is 371 g/mol. The second-order valence-corrected chi connectivity index (χ2v) is 6.33. The molecule has 0 aliphatic carbocycles. The number of halogens is 3. The fourth-order valence-corrected chi connectivity index (χ4v) is 2.79. The molecule has 2 nitrogen and oxygen atoms in total. The molecule has 3 rings (SSSR count). The fraction of sp³-hybridized carbons (Fsp3) is 0.182. The largest absolute Gasteiger partial charge is 0.573 e. The highest BCUT2D eigenvalue weighted by molar-refractivity contribution is 5.64. The summed E-state index contributed by atoms with van der Waals surface area (Å²) in [6, 6.07) is 22.2.